The van der Waals surface area contributed by atoms with Gasteiger partial charge in [0.2, 0.25) is 0 Å². The van der Waals surface area contributed by atoms with Gasteiger partial charge in [0.1, 0.15) is 11.9 Å². The lowest BCUT2D eigenvalue weighted by atomic mass is 10.1. The van der Waals surface area contributed by atoms with Gasteiger partial charge in [-0.05, 0) is 42.8 Å². The van der Waals surface area contributed by atoms with Crippen LogP contribution in [0.25, 0.3) is 0 Å². The summed E-state index contributed by atoms with van der Waals surface area (Å²) in [6.07, 6.45) is -3.90. The number of hydrogen-bond donors (Lipinski definition) is 2. The maximum Gasteiger partial charge on any atom is 0.573 e. The lowest BCUT2D eigenvalue weighted by molar-refractivity contribution is -0.274. The molecule has 162 valence electrons. The predicted molar refractivity (Wildman–Crippen MR) is 110 cm³/mol. The Morgan fingerprint density at radius 3 is 2.65 bits per heavy atom. The van der Waals surface area contributed by atoms with Crippen molar-refractivity contribution in [1.29, 1.82) is 0 Å². The molecule has 0 unspecified atom stereocenters. The molecule has 3 rings (SSSR count). The van der Waals surface area contributed by atoms with E-state index in [1.165, 1.54) is 18.3 Å². The van der Waals surface area contributed by atoms with Crippen LogP contribution in [0.5, 0.6) is 11.5 Å². The second-order valence-electron chi connectivity index (χ2n) is 6.45. The lowest BCUT2D eigenvalue weighted by Gasteiger charge is -2.17. The van der Waals surface area contributed by atoms with E-state index in [1.807, 2.05) is 0 Å². The molecule has 0 aliphatic rings. The van der Waals surface area contributed by atoms with Gasteiger partial charge in [-0.1, -0.05) is 29.8 Å². The third kappa shape index (κ3) is 6.26. The number of alkyl halides is 3. The second-order valence-corrected chi connectivity index (χ2v) is 6.89. The molecule has 6 nitrogen and oxygen atoms in total. The topological polar surface area (TPSA) is 86.5 Å². The van der Waals surface area contributed by atoms with Crippen LogP contribution in [0.3, 0.4) is 0 Å². The van der Waals surface area contributed by atoms with Gasteiger partial charge in [0, 0.05) is 23.5 Å². The molecule has 0 fully saturated rings. The van der Waals surface area contributed by atoms with Crippen molar-refractivity contribution in [2.45, 2.75) is 19.4 Å². The van der Waals surface area contributed by atoms with Gasteiger partial charge < -0.3 is 20.5 Å². The Kier molecular flexibility index (Phi) is 6.55. The largest absolute Gasteiger partial charge is 0.573 e. The van der Waals surface area contributed by atoms with Gasteiger partial charge in [-0.25, -0.2) is 4.98 Å². The molecule has 1 atom stereocenters. The molecular weight excluding hydrogens is 435 g/mol. The number of anilines is 2. The summed E-state index contributed by atoms with van der Waals surface area (Å²) in [6, 6.07) is 13.1. The number of aromatic nitrogens is 1. The molecule has 0 radical (unpaired) electrons. The number of hydrogen-bond acceptors (Lipinski definition) is 5. The Morgan fingerprint density at radius 1 is 1.16 bits per heavy atom. The summed E-state index contributed by atoms with van der Waals surface area (Å²) in [4.78, 5) is 16.4. The highest BCUT2D eigenvalue weighted by Gasteiger charge is 2.31. The number of nitrogen functional groups attached to an aromatic ring is 1. The van der Waals surface area contributed by atoms with Crippen LogP contribution in [0.15, 0.2) is 60.8 Å². The van der Waals surface area contributed by atoms with E-state index in [0.29, 0.717) is 22.0 Å². The van der Waals surface area contributed by atoms with Crippen LogP contribution < -0.4 is 20.5 Å². The van der Waals surface area contributed by atoms with Crippen molar-refractivity contribution in [2.24, 2.45) is 0 Å². The van der Waals surface area contributed by atoms with Gasteiger partial charge in [0.15, 0.2) is 11.6 Å². The van der Waals surface area contributed by atoms with E-state index in [0.717, 1.165) is 12.1 Å². The summed E-state index contributed by atoms with van der Waals surface area (Å²) in [5, 5.41) is 3.01. The number of nitrogens with zero attached hydrogens (tertiary/aromatic N) is 1. The van der Waals surface area contributed by atoms with Crippen molar-refractivity contribution in [2.75, 3.05) is 11.1 Å². The first-order valence-corrected chi connectivity index (χ1v) is 9.33. The van der Waals surface area contributed by atoms with E-state index in [9.17, 15) is 18.0 Å². The van der Waals surface area contributed by atoms with Crippen LogP contribution in [-0.4, -0.2) is 17.3 Å². The number of carbonyl (C=O) groups excluding carboxylic acids is 1. The van der Waals surface area contributed by atoms with Crippen LogP contribution in [0.1, 0.15) is 28.9 Å². The quantitative estimate of drug-likeness (QED) is 0.509. The average molecular weight is 452 g/mol. The number of halogens is 4. The highest BCUT2D eigenvalue weighted by atomic mass is 35.5. The Labute approximate surface area is 180 Å². The Bertz CT molecular complexity index is 1090. The summed E-state index contributed by atoms with van der Waals surface area (Å²) in [6.45, 7) is 1.78. The number of nitrogens with two attached hydrogens (primary N) is 1. The summed E-state index contributed by atoms with van der Waals surface area (Å²) in [5.41, 5.74) is 6.94. The maximum absolute atomic E-state index is 12.5. The van der Waals surface area contributed by atoms with E-state index in [4.69, 9.17) is 22.1 Å². The van der Waals surface area contributed by atoms with Crippen molar-refractivity contribution in [1.82, 2.24) is 4.98 Å². The first kappa shape index (κ1) is 22.2. The standard InChI is InChI=1S/C21H17ClF3N3O3/c1-12(30-18-10-15(22)11-27-19(18)26)13-4-2-6-16(8-13)28-20(29)14-5-3-7-17(9-14)31-21(23,24)25/h2-12H,1H3,(H2,26,27)(H,28,29)/t12-/m0/s1. The number of ether oxygens (including phenoxy) is 2. The molecule has 0 aliphatic carbocycles. The van der Waals surface area contributed by atoms with Gasteiger partial charge in [0.25, 0.3) is 5.91 Å². The number of benzene rings is 2. The highest BCUT2D eigenvalue weighted by Crippen LogP contribution is 2.29. The van der Waals surface area contributed by atoms with E-state index >= 15 is 0 Å². The van der Waals surface area contributed by atoms with Crippen molar-refractivity contribution < 1.29 is 27.4 Å². The fourth-order valence-electron chi connectivity index (χ4n) is 2.69. The molecule has 3 N–H and O–H groups in total. The summed E-state index contributed by atoms with van der Waals surface area (Å²) >= 11 is 5.92. The van der Waals surface area contributed by atoms with Gasteiger partial charge in [0.05, 0.1) is 5.02 Å². The smallest absolute Gasteiger partial charge is 0.482 e. The van der Waals surface area contributed by atoms with Crippen molar-refractivity contribution in [3.05, 3.63) is 76.9 Å². The fraction of sp³-hybridized carbons (Fsp3) is 0.143. The Balaban J connectivity index is 1.72. The predicted octanol–water partition coefficient (Wildman–Crippen LogP) is 5.61. The number of rotatable bonds is 6. The normalized spacial score (nSPS) is 12.2. The molecule has 0 spiro atoms. The van der Waals surface area contributed by atoms with Crippen molar-refractivity contribution in [3.8, 4) is 11.5 Å². The van der Waals surface area contributed by atoms with Gasteiger partial charge >= 0.3 is 6.36 Å². The molecule has 2 aromatic carbocycles. The molecular formula is C21H17ClF3N3O3. The third-order valence-corrected chi connectivity index (χ3v) is 4.30. The Hall–Kier alpha value is -3.46. The van der Waals surface area contributed by atoms with Crippen LogP contribution >= 0.6 is 11.6 Å². The van der Waals surface area contributed by atoms with Crippen LogP contribution in [0.4, 0.5) is 24.7 Å². The zero-order valence-corrected chi connectivity index (χ0v) is 16.9. The van der Waals surface area contributed by atoms with Crippen LogP contribution in [0, 0.1) is 0 Å². The highest BCUT2D eigenvalue weighted by molar-refractivity contribution is 6.30. The first-order valence-electron chi connectivity index (χ1n) is 8.95. The zero-order chi connectivity index (χ0) is 22.6. The molecule has 3 aromatic rings. The van der Waals surface area contributed by atoms with Gasteiger partial charge in [-0.2, -0.15) is 0 Å². The van der Waals surface area contributed by atoms with Gasteiger partial charge in [-0.15, -0.1) is 13.2 Å². The number of amides is 1. The van der Waals surface area contributed by atoms with E-state index < -0.39 is 24.1 Å². The monoisotopic (exact) mass is 451 g/mol. The molecule has 31 heavy (non-hydrogen) atoms. The van der Waals surface area contributed by atoms with Crippen LogP contribution in [0.2, 0.25) is 5.02 Å². The van der Waals surface area contributed by atoms with E-state index in [1.54, 1.807) is 37.3 Å². The summed E-state index contributed by atoms with van der Waals surface area (Å²) < 4.78 is 46.8. The maximum atomic E-state index is 12.5. The molecule has 1 aromatic heterocycles. The fourth-order valence-corrected chi connectivity index (χ4v) is 2.84. The second kappa shape index (κ2) is 9.13. The third-order valence-electron chi connectivity index (χ3n) is 4.10. The van der Waals surface area contributed by atoms with E-state index in [-0.39, 0.29) is 11.4 Å². The number of nitrogens with one attached hydrogen (secondary N) is 1. The van der Waals surface area contributed by atoms with Crippen molar-refractivity contribution >= 4 is 29.0 Å². The molecule has 0 saturated heterocycles. The minimum Gasteiger partial charge on any atom is -0.482 e. The minimum absolute atomic E-state index is 0.00854. The van der Waals surface area contributed by atoms with Gasteiger partial charge in [-0.3, -0.25) is 4.79 Å². The minimum atomic E-state index is -4.85. The molecule has 1 heterocycles. The molecule has 0 saturated carbocycles. The lowest BCUT2D eigenvalue weighted by Crippen LogP contribution is -2.18. The number of pyridine rings is 1. The molecule has 10 heteroatoms. The average Bonchev–Trinajstić information content (AvgIpc) is 2.70. The molecule has 0 bridgehead atoms. The summed E-state index contributed by atoms with van der Waals surface area (Å²) in [7, 11) is 0. The Morgan fingerprint density at radius 2 is 1.90 bits per heavy atom. The number of carbonyl (C=O) groups is 1. The SMILES string of the molecule is C[C@H](Oc1cc(Cl)cnc1N)c1cccc(NC(=O)c2cccc(OC(F)(F)F)c2)c1. The first-order chi connectivity index (χ1) is 14.6. The van der Waals surface area contributed by atoms with Crippen LogP contribution in [-0.2, 0) is 0 Å². The molecule has 0 aliphatic heterocycles. The molecule has 1 amide bonds. The summed E-state index contributed by atoms with van der Waals surface area (Å²) in [5.74, 6) is -0.581. The van der Waals surface area contributed by atoms with Crippen molar-refractivity contribution in [3.63, 3.8) is 0 Å². The van der Waals surface area contributed by atoms with E-state index in [2.05, 4.69) is 15.0 Å². The zero-order valence-electron chi connectivity index (χ0n) is 16.1.